The molecule has 0 bridgehead atoms. The van der Waals surface area contributed by atoms with Gasteiger partial charge in [-0.25, -0.2) is 9.78 Å². The predicted molar refractivity (Wildman–Crippen MR) is 125 cm³/mol. The number of methoxy groups -OCH3 is 1. The number of benzene rings is 2. The van der Waals surface area contributed by atoms with Gasteiger partial charge in [0, 0.05) is 28.3 Å². The van der Waals surface area contributed by atoms with Crippen LogP contribution < -0.4 is 10.1 Å². The zero-order valence-electron chi connectivity index (χ0n) is 17.5. The first-order valence-corrected chi connectivity index (χ1v) is 10.7. The molecule has 2 aromatic carbocycles. The highest BCUT2D eigenvalue weighted by Gasteiger charge is 2.25. The fraction of sp³-hybridized carbons (Fsp3) is 0.0800. The molecule has 1 amide bonds. The van der Waals surface area contributed by atoms with Gasteiger partial charge in [0.05, 0.1) is 7.11 Å². The molecule has 4 rings (SSSR count). The molecular weight excluding hydrogens is 424 g/mol. The van der Waals surface area contributed by atoms with E-state index in [1.807, 2.05) is 43.3 Å². The molecule has 0 spiro atoms. The topological polar surface area (TPSA) is 77.5 Å². The SMILES string of the molecule is COC(=O)c1c(NC(=O)c2cccc(Oc3ccccn3)c2)sc(C)c1-c1ccccc1. The maximum Gasteiger partial charge on any atom is 0.341 e. The first-order chi connectivity index (χ1) is 15.6. The number of nitrogens with zero attached hydrogens (tertiary/aromatic N) is 1. The summed E-state index contributed by atoms with van der Waals surface area (Å²) in [6.07, 6.45) is 1.63. The minimum Gasteiger partial charge on any atom is -0.465 e. The van der Waals surface area contributed by atoms with Gasteiger partial charge in [0.1, 0.15) is 16.3 Å². The van der Waals surface area contributed by atoms with Crippen molar-refractivity contribution in [2.45, 2.75) is 6.92 Å². The molecule has 6 nitrogen and oxygen atoms in total. The summed E-state index contributed by atoms with van der Waals surface area (Å²) in [5.41, 5.74) is 2.37. The lowest BCUT2D eigenvalue weighted by atomic mass is 10.0. The molecule has 4 aromatic rings. The monoisotopic (exact) mass is 444 g/mol. The van der Waals surface area contributed by atoms with Crippen molar-refractivity contribution in [2.75, 3.05) is 12.4 Å². The van der Waals surface area contributed by atoms with Crippen LogP contribution in [0.15, 0.2) is 79.0 Å². The number of carbonyl (C=O) groups excluding carboxylic acids is 2. The van der Waals surface area contributed by atoms with E-state index in [9.17, 15) is 9.59 Å². The molecule has 0 radical (unpaired) electrons. The summed E-state index contributed by atoms with van der Waals surface area (Å²) < 4.78 is 10.7. The Morgan fingerprint density at radius 3 is 2.47 bits per heavy atom. The molecule has 0 aliphatic rings. The Hall–Kier alpha value is -3.97. The average molecular weight is 445 g/mol. The Kier molecular flexibility index (Phi) is 6.28. The lowest BCUT2D eigenvalue weighted by Gasteiger charge is -2.09. The van der Waals surface area contributed by atoms with Gasteiger partial charge in [-0.15, -0.1) is 11.3 Å². The van der Waals surface area contributed by atoms with Crippen molar-refractivity contribution in [3.8, 4) is 22.8 Å². The van der Waals surface area contributed by atoms with Gasteiger partial charge in [-0.3, -0.25) is 4.79 Å². The summed E-state index contributed by atoms with van der Waals surface area (Å²) in [5.74, 6) is 0.0505. The number of aryl methyl sites for hydroxylation is 1. The second kappa shape index (κ2) is 9.45. The lowest BCUT2D eigenvalue weighted by molar-refractivity contribution is 0.0603. The Balaban J connectivity index is 1.64. The van der Waals surface area contributed by atoms with Gasteiger partial charge in [0.15, 0.2) is 0 Å². The zero-order valence-corrected chi connectivity index (χ0v) is 18.3. The summed E-state index contributed by atoms with van der Waals surface area (Å²) in [6, 6.07) is 21.7. The van der Waals surface area contributed by atoms with Crippen LogP contribution in [-0.2, 0) is 4.74 Å². The van der Waals surface area contributed by atoms with Gasteiger partial charge >= 0.3 is 5.97 Å². The van der Waals surface area contributed by atoms with Gasteiger partial charge in [-0.1, -0.05) is 42.5 Å². The van der Waals surface area contributed by atoms with Gasteiger partial charge in [-0.05, 0) is 36.8 Å². The molecule has 0 aliphatic carbocycles. The Labute approximate surface area is 189 Å². The second-order valence-electron chi connectivity index (χ2n) is 6.85. The molecule has 32 heavy (non-hydrogen) atoms. The summed E-state index contributed by atoms with van der Waals surface area (Å²) in [5, 5.41) is 3.31. The highest BCUT2D eigenvalue weighted by atomic mass is 32.1. The molecule has 0 fully saturated rings. The molecule has 0 unspecified atom stereocenters. The highest BCUT2D eigenvalue weighted by molar-refractivity contribution is 7.17. The van der Waals surface area contributed by atoms with E-state index < -0.39 is 5.97 Å². The van der Waals surface area contributed by atoms with E-state index >= 15 is 0 Å². The second-order valence-corrected chi connectivity index (χ2v) is 8.07. The van der Waals surface area contributed by atoms with Crippen LogP contribution in [0.2, 0.25) is 0 Å². The third-order valence-corrected chi connectivity index (χ3v) is 5.74. The normalized spacial score (nSPS) is 10.4. The Morgan fingerprint density at radius 2 is 1.75 bits per heavy atom. The fourth-order valence-electron chi connectivity index (χ4n) is 3.29. The molecule has 2 aromatic heterocycles. The van der Waals surface area contributed by atoms with E-state index in [-0.39, 0.29) is 5.91 Å². The van der Waals surface area contributed by atoms with E-state index in [1.54, 1.807) is 42.6 Å². The number of esters is 1. The van der Waals surface area contributed by atoms with E-state index in [0.717, 1.165) is 16.0 Å². The number of rotatable bonds is 6. The number of hydrogen-bond acceptors (Lipinski definition) is 6. The van der Waals surface area contributed by atoms with E-state index in [0.29, 0.717) is 27.8 Å². The van der Waals surface area contributed by atoms with Crippen molar-refractivity contribution in [2.24, 2.45) is 0 Å². The van der Waals surface area contributed by atoms with Crippen LogP contribution in [0.25, 0.3) is 11.1 Å². The number of hydrogen-bond donors (Lipinski definition) is 1. The lowest BCUT2D eigenvalue weighted by Crippen LogP contribution is -2.14. The maximum atomic E-state index is 13.0. The smallest absolute Gasteiger partial charge is 0.341 e. The number of thiophene rings is 1. The minimum absolute atomic E-state index is 0.343. The molecule has 7 heteroatoms. The van der Waals surface area contributed by atoms with Crippen LogP contribution in [0.1, 0.15) is 25.6 Å². The zero-order chi connectivity index (χ0) is 22.5. The number of pyridine rings is 1. The number of carbonyl (C=O) groups is 2. The molecule has 0 aliphatic heterocycles. The van der Waals surface area contributed by atoms with E-state index in [4.69, 9.17) is 9.47 Å². The summed E-state index contributed by atoms with van der Waals surface area (Å²) >= 11 is 1.34. The summed E-state index contributed by atoms with van der Waals surface area (Å²) in [7, 11) is 1.33. The molecule has 2 heterocycles. The third-order valence-electron chi connectivity index (χ3n) is 4.72. The predicted octanol–water partition coefficient (Wildman–Crippen LogP) is 5.95. The molecule has 1 N–H and O–H groups in total. The number of ether oxygens (including phenoxy) is 2. The molecule has 0 saturated heterocycles. The van der Waals surface area contributed by atoms with Gasteiger partial charge < -0.3 is 14.8 Å². The van der Waals surface area contributed by atoms with Gasteiger partial charge in [0.2, 0.25) is 5.88 Å². The highest BCUT2D eigenvalue weighted by Crippen LogP contribution is 2.40. The van der Waals surface area contributed by atoms with Gasteiger partial charge in [-0.2, -0.15) is 0 Å². The van der Waals surface area contributed by atoms with Crippen LogP contribution in [0.5, 0.6) is 11.6 Å². The van der Waals surface area contributed by atoms with Crippen LogP contribution in [0, 0.1) is 6.92 Å². The minimum atomic E-state index is -0.504. The summed E-state index contributed by atoms with van der Waals surface area (Å²) in [4.78, 5) is 30.7. The van der Waals surface area contributed by atoms with Crippen molar-refractivity contribution in [3.63, 3.8) is 0 Å². The first kappa shape index (κ1) is 21.3. The van der Waals surface area contributed by atoms with Crippen LogP contribution in [0.4, 0.5) is 5.00 Å². The third kappa shape index (κ3) is 4.53. The standard InChI is InChI=1S/C25H20N2O4S/c1-16-21(17-9-4-3-5-10-17)22(25(29)30-2)24(32-16)27-23(28)18-11-8-12-19(15-18)31-20-13-6-7-14-26-20/h3-15H,1-2H3,(H,27,28). The maximum absolute atomic E-state index is 13.0. The molecular formula is C25H20N2O4S. The average Bonchev–Trinajstić information content (AvgIpc) is 3.15. The first-order valence-electron chi connectivity index (χ1n) is 9.84. The van der Waals surface area contributed by atoms with E-state index in [2.05, 4.69) is 10.3 Å². The van der Waals surface area contributed by atoms with Crippen LogP contribution in [0.3, 0.4) is 0 Å². The largest absolute Gasteiger partial charge is 0.465 e. The fourth-order valence-corrected chi connectivity index (χ4v) is 4.35. The quantitative estimate of drug-likeness (QED) is 0.372. The number of nitrogens with one attached hydrogen (secondary N) is 1. The van der Waals surface area contributed by atoms with Crippen molar-refractivity contribution in [1.82, 2.24) is 4.98 Å². The van der Waals surface area contributed by atoms with Crippen LogP contribution >= 0.6 is 11.3 Å². The number of aromatic nitrogens is 1. The van der Waals surface area contributed by atoms with E-state index in [1.165, 1.54) is 18.4 Å². The van der Waals surface area contributed by atoms with Crippen molar-refractivity contribution >= 4 is 28.2 Å². The Morgan fingerprint density at radius 1 is 0.969 bits per heavy atom. The van der Waals surface area contributed by atoms with Crippen molar-refractivity contribution in [3.05, 3.63) is 95.0 Å². The number of anilines is 1. The van der Waals surface area contributed by atoms with Crippen molar-refractivity contribution < 1.29 is 19.1 Å². The molecule has 0 atom stereocenters. The summed E-state index contributed by atoms with van der Waals surface area (Å²) in [6.45, 7) is 1.91. The van der Waals surface area contributed by atoms with Gasteiger partial charge in [0.25, 0.3) is 5.91 Å². The Bertz CT molecular complexity index is 1250. The van der Waals surface area contributed by atoms with Crippen LogP contribution in [-0.4, -0.2) is 24.0 Å². The molecule has 0 saturated carbocycles. The number of amides is 1. The molecule has 160 valence electrons. The van der Waals surface area contributed by atoms with Crippen molar-refractivity contribution in [1.29, 1.82) is 0 Å².